The first-order valence-electron chi connectivity index (χ1n) is 12.8. The van der Waals surface area contributed by atoms with Gasteiger partial charge >= 0.3 is 6.03 Å². The van der Waals surface area contributed by atoms with Gasteiger partial charge in [0.2, 0.25) is 0 Å². The predicted molar refractivity (Wildman–Crippen MR) is 140 cm³/mol. The monoisotopic (exact) mass is 531 g/mol. The molecule has 0 saturated carbocycles. The number of carbonyl (C=O) groups is 4. The highest BCUT2D eigenvalue weighted by molar-refractivity contribution is 6.08. The molecule has 3 aromatic rings. The minimum atomic E-state index is -1.63. The van der Waals surface area contributed by atoms with Gasteiger partial charge in [0.25, 0.3) is 17.7 Å². The van der Waals surface area contributed by atoms with Crippen LogP contribution in [-0.2, 0) is 16.9 Å². The lowest BCUT2D eigenvalue weighted by molar-refractivity contribution is -0.125. The van der Waals surface area contributed by atoms with E-state index in [1.54, 1.807) is 30.3 Å². The first kappa shape index (κ1) is 24.9. The Labute approximate surface area is 224 Å². The van der Waals surface area contributed by atoms with E-state index in [4.69, 9.17) is 9.15 Å². The number of nitrogens with zero attached hydrogens (tertiary/aromatic N) is 3. The van der Waals surface area contributed by atoms with Crippen molar-refractivity contribution in [2.45, 2.75) is 19.0 Å². The van der Waals surface area contributed by atoms with Crippen LogP contribution in [0, 0.1) is 6.92 Å². The molecular formula is C28H29N5O6. The molecule has 0 aliphatic carbocycles. The van der Waals surface area contributed by atoms with E-state index in [-0.39, 0.29) is 30.7 Å². The summed E-state index contributed by atoms with van der Waals surface area (Å²) < 4.78 is 11.4. The lowest BCUT2D eigenvalue weighted by Crippen LogP contribution is -2.52. The fraction of sp³-hybridized carbons (Fsp3) is 0.357. The SMILES string of the molecule is COc1ccc2c(c1)C(=O)N(CC1(c3cc4cc(C(=O)N5CCN(C)CC5)c(C)cc4o3)NC(=O)NC1=O)C2. The van der Waals surface area contributed by atoms with E-state index in [1.165, 1.54) is 12.0 Å². The molecule has 0 spiro atoms. The van der Waals surface area contributed by atoms with Crippen molar-refractivity contribution >= 4 is 34.7 Å². The van der Waals surface area contributed by atoms with Crippen molar-refractivity contribution in [3.05, 3.63) is 64.4 Å². The largest absolute Gasteiger partial charge is 0.497 e. The van der Waals surface area contributed by atoms with Crippen LogP contribution in [0.2, 0.25) is 0 Å². The van der Waals surface area contributed by atoms with Crippen LogP contribution in [0.25, 0.3) is 11.0 Å². The lowest BCUT2D eigenvalue weighted by Gasteiger charge is -2.32. The molecule has 2 saturated heterocycles. The summed E-state index contributed by atoms with van der Waals surface area (Å²) in [6.07, 6.45) is 0. The summed E-state index contributed by atoms with van der Waals surface area (Å²) in [7, 11) is 3.56. The van der Waals surface area contributed by atoms with Gasteiger partial charge in [-0.25, -0.2) is 4.79 Å². The number of fused-ring (bicyclic) bond motifs is 2. The van der Waals surface area contributed by atoms with Crippen molar-refractivity contribution in [2.75, 3.05) is 46.9 Å². The van der Waals surface area contributed by atoms with Gasteiger partial charge in [-0.3, -0.25) is 19.7 Å². The summed E-state index contributed by atoms with van der Waals surface area (Å²) in [6.45, 7) is 4.91. The molecule has 0 bridgehead atoms. The molecule has 4 heterocycles. The van der Waals surface area contributed by atoms with Crippen molar-refractivity contribution in [3.8, 4) is 5.75 Å². The smallest absolute Gasteiger partial charge is 0.322 e. The van der Waals surface area contributed by atoms with Crippen LogP contribution in [0.15, 0.2) is 40.8 Å². The van der Waals surface area contributed by atoms with E-state index in [0.717, 1.165) is 24.2 Å². The maximum Gasteiger partial charge on any atom is 0.322 e. The lowest BCUT2D eigenvalue weighted by atomic mass is 9.95. The molecule has 2 aromatic carbocycles. The molecule has 2 fully saturated rings. The Kier molecular flexibility index (Phi) is 5.83. The molecular weight excluding hydrogens is 502 g/mol. The fourth-order valence-corrected chi connectivity index (χ4v) is 5.54. The number of carbonyl (C=O) groups excluding carboxylic acids is 4. The van der Waals surface area contributed by atoms with Crippen LogP contribution >= 0.6 is 0 Å². The van der Waals surface area contributed by atoms with Crippen molar-refractivity contribution in [1.82, 2.24) is 25.3 Å². The number of likely N-dealkylation sites (N-methyl/N-ethyl adjacent to an activating group) is 1. The highest BCUT2D eigenvalue weighted by atomic mass is 16.5. The second-order valence-corrected chi connectivity index (χ2v) is 10.4. The van der Waals surface area contributed by atoms with Crippen molar-refractivity contribution in [1.29, 1.82) is 0 Å². The van der Waals surface area contributed by atoms with Gasteiger partial charge < -0.3 is 29.2 Å². The zero-order chi connectivity index (χ0) is 27.5. The molecule has 1 aromatic heterocycles. The standard InChI is InChI=1S/C28H29N5O6/c1-16-10-22-18(11-20(16)24(34)32-8-6-31(2)7-9-32)12-23(39-22)28(26(36)29-27(37)30-28)15-33-14-17-4-5-19(38-3)13-21(17)25(33)35/h4-5,10-13H,6-9,14-15H2,1-3H3,(H2,29,30,36,37). The maximum atomic E-state index is 13.3. The Balaban J connectivity index is 1.34. The number of aryl methyl sites for hydroxylation is 1. The molecule has 6 rings (SSSR count). The number of amides is 5. The van der Waals surface area contributed by atoms with Gasteiger partial charge in [0.05, 0.1) is 13.7 Å². The summed E-state index contributed by atoms with van der Waals surface area (Å²) in [4.78, 5) is 57.7. The molecule has 1 atom stereocenters. The van der Waals surface area contributed by atoms with Crippen LogP contribution in [0.3, 0.4) is 0 Å². The van der Waals surface area contributed by atoms with E-state index in [9.17, 15) is 19.2 Å². The molecule has 0 radical (unpaired) electrons. The van der Waals surface area contributed by atoms with Gasteiger partial charge in [0.1, 0.15) is 17.1 Å². The van der Waals surface area contributed by atoms with Crippen molar-refractivity contribution in [3.63, 3.8) is 0 Å². The van der Waals surface area contributed by atoms with Crippen LogP contribution in [-0.4, -0.2) is 85.3 Å². The third-order valence-corrected chi connectivity index (χ3v) is 7.87. The number of ether oxygens (including phenoxy) is 1. The Bertz CT molecular complexity index is 1540. The Hall–Kier alpha value is -4.38. The predicted octanol–water partition coefficient (Wildman–Crippen LogP) is 1.83. The molecule has 202 valence electrons. The Morgan fingerprint density at radius 3 is 2.54 bits per heavy atom. The number of imide groups is 1. The van der Waals surface area contributed by atoms with Gasteiger partial charge in [0, 0.05) is 49.2 Å². The van der Waals surface area contributed by atoms with Gasteiger partial charge in [0.15, 0.2) is 5.54 Å². The first-order chi connectivity index (χ1) is 18.7. The molecule has 39 heavy (non-hydrogen) atoms. The van der Waals surface area contributed by atoms with E-state index in [0.29, 0.717) is 40.9 Å². The second kappa shape index (κ2) is 9.12. The Morgan fingerprint density at radius 1 is 1.08 bits per heavy atom. The maximum absolute atomic E-state index is 13.3. The molecule has 3 aliphatic heterocycles. The normalized spacial score (nSPS) is 21.4. The van der Waals surface area contributed by atoms with Gasteiger partial charge in [-0.05, 0) is 55.4 Å². The summed E-state index contributed by atoms with van der Waals surface area (Å²) >= 11 is 0. The highest BCUT2D eigenvalue weighted by Crippen LogP contribution is 2.36. The van der Waals surface area contributed by atoms with E-state index < -0.39 is 17.5 Å². The average molecular weight is 532 g/mol. The quantitative estimate of drug-likeness (QED) is 0.482. The number of rotatable bonds is 5. The number of nitrogens with one attached hydrogen (secondary N) is 2. The molecule has 2 N–H and O–H groups in total. The fourth-order valence-electron chi connectivity index (χ4n) is 5.54. The van der Waals surface area contributed by atoms with E-state index >= 15 is 0 Å². The summed E-state index contributed by atoms with van der Waals surface area (Å²) in [6, 6.07) is 9.79. The minimum absolute atomic E-state index is 0.0530. The molecule has 3 aliphatic rings. The van der Waals surface area contributed by atoms with Crippen LogP contribution in [0.5, 0.6) is 5.75 Å². The molecule has 1 unspecified atom stereocenters. The second-order valence-electron chi connectivity index (χ2n) is 10.4. The summed E-state index contributed by atoms with van der Waals surface area (Å²) in [5.74, 6) is -0.198. The zero-order valence-corrected chi connectivity index (χ0v) is 22.0. The van der Waals surface area contributed by atoms with Gasteiger partial charge in [-0.2, -0.15) is 0 Å². The topological polar surface area (TPSA) is 124 Å². The van der Waals surface area contributed by atoms with Crippen LogP contribution in [0.1, 0.15) is 37.6 Å². The zero-order valence-electron chi connectivity index (χ0n) is 22.0. The Morgan fingerprint density at radius 2 is 1.85 bits per heavy atom. The van der Waals surface area contributed by atoms with Crippen LogP contribution < -0.4 is 15.4 Å². The minimum Gasteiger partial charge on any atom is -0.497 e. The van der Waals surface area contributed by atoms with E-state index in [1.807, 2.05) is 24.9 Å². The summed E-state index contributed by atoms with van der Waals surface area (Å²) in [5, 5.41) is 5.63. The van der Waals surface area contributed by atoms with Crippen LogP contribution in [0.4, 0.5) is 4.79 Å². The number of methoxy groups -OCH3 is 1. The number of hydrogen-bond donors (Lipinski definition) is 2. The first-order valence-corrected chi connectivity index (χ1v) is 12.8. The average Bonchev–Trinajstić information content (AvgIpc) is 3.56. The van der Waals surface area contributed by atoms with Crippen molar-refractivity contribution in [2.24, 2.45) is 0 Å². The van der Waals surface area contributed by atoms with Crippen molar-refractivity contribution < 1.29 is 28.3 Å². The number of urea groups is 1. The number of hydrogen-bond acceptors (Lipinski definition) is 7. The molecule has 11 nitrogen and oxygen atoms in total. The van der Waals surface area contributed by atoms with Gasteiger partial charge in [-0.1, -0.05) is 6.07 Å². The molecule has 5 amide bonds. The number of furan rings is 1. The number of piperazine rings is 1. The summed E-state index contributed by atoms with van der Waals surface area (Å²) in [5.41, 5.74) is 1.45. The third kappa shape index (κ3) is 4.09. The number of benzene rings is 2. The third-order valence-electron chi connectivity index (χ3n) is 7.87. The molecule has 11 heteroatoms. The van der Waals surface area contributed by atoms with Gasteiger partial charge in [-0.15, -0.1) is 0 Å². The van der Waals surface area contributed by atoms with E-state index in [2.05, 4.69) is 15.5 Å². The highest BCUT2D eigenvalue weighted by Gasteiger charge is 2.53.